The lowest BCUT2D eigenvalue weighted by molar-refractivity contribution is 0.0858. The fourth-order valence-electron chi connectivity index (χ4n) is 4.99. The molecule has 3 N–H and O–H groups in total. The normalized spacial score (nSPS) is 16.5. The number of aromatic nitrogens is 3. The molecule has 4 rings (SSSR count). The van der Waals surface area contributed by atoms with Gasteiger partial charge in [0.15, 0.2) is 0 Å². The number of halogens is 1. The molecule has 3 aromatic rings. The lowest BCUT2D eigenvalue weighted by Crippen LogP contribution is -2.37. The van der Waals surface area contributed by atoms with Crippen molar-refractivity contribution in [3.05, 3.63) is 71.7 Å². The van der Waals surface area contributed by atoms with Gasteiger partial charge in [0.25, 0.3) is 0 Å². The molecule has 0 radical (unpaired) electrons. The summed E-state index contributed by atoms with van der Waals surface area (Å²) in [5.74, 6) is 0.729. The van der Waals surface area contributed by atoms with Crippen molar-refractivity contribution in [2.24, 2.45) is 5.73 Å². The van der Waals surface area contributed by atoms with Crippen LogP contribution in [0.1, 0.15) is 48.8 Å². The van der Waals surface area contributed by atoms with E-state index in [9.17, 15) is 4.39 Å². The van der Waals surface area contributed by atoms with Gasteiger partial charge in [-0.3, -0.25) is 4.98 Å². The van der Waals surface area contributed by atoms with Crippen LogP contribution in [0.3, 0.4) is 0 Å². The van der Waals surface area contributed by atoms with Crippen molar-refractivity contribution < 1.29 is 9.13 Å². The number of nitrogens with one attached hydrogen (secondary N) is 1. The minimum Gasteiger partial charge on any atom is -0.361 e. The van der Waals surface area contributed by atoms with Crippen molar-refractivity contribution in [3.63, 3.8) is 0 Å². The number of hydrogen-bond donors (Lipinski definition) is 2. The van der Waals surface area contributed by atoms with Crippen LogP contribution in [0.15, 0.2) is 48.8 Å². The highest BCUT2D eigenvalue weighted by Gasteiger charge is 2.25. The average Bonchev–Trinajstić information content (AvgIpc) is 3.27. The molecule has 1 aliphatic rings. The zero-order valence-electron chi connectivity index (χ0n) is 22.5. The summed E-state index contributed by atoms with van der Waals surface area (Å²) in [5.41, 5.74) is 10.3. The molecule has 2 unspecified atom stereocenters. The van der Waals surface area contributed by atoms with Gasteiger partial charge in [-0.2, -0.15) is 0 Å². The standard InChI is InChI=1S/C29H42FN5OSi/c1-37(2,3)18-17-36-21-35-27(22-11-13-24(30)14-12-22)20-33-28(35)19-25(9-5-15-31)34-26-10-4-7-23-8-6-16-32-29(23)26/h6,8,11-14,16,20,25-26,34H,4-5,7,9-10,15,17-19,21,31H2,1-3H3. The molecule has 2 atom stereocenters. The summed E-state index contributed by atoms with van der Waals surface area (Å²) in [6.07, 6.45) is 9.79. The van der Waals surface area contributed by atoms with E-state index < -0.39 is 8.07 Å². The number of aryl methyl sites for hydroxylation is 1. The van der Waals surface area contributed by atoms with Crippen molar-refractivity contribution in [2.45, 2.75) is 83.0 Å². The molecule has 0 aliphatic heterocycles. The number of ether oxygens (including phenoxy) is 1. The van der Waals surface area contributed by atoms with Gasteiger partial charge in [-0.05, 0) is 80.6 Å². The Morgan fingerprint density at radius 1 is 1.19 bits per heavy atom. The monoisotopic (exact) mass is 523 g/mol. The second-order valence-corrected chi connectivity index (χ2v) is 17.0. The minimum absolute atomic E-state index is 0.214. The Hall–Kier alpha value is -2.39. The summed E-state index contributed by atoms with van der Waals surface area (Å²) >= 11 is 0. The fraction of sp³-hybridized carbons (Fsp3) is 0.517. The number of hydrogen-bond acceptors (Lipinski definition) is 5. The highest BCUT2D eigenvalue weighted by molar-refractivity contribution is 6.76. The van der Waals surface area contributed by atoms with Gasteiger partial charge in [-0.25, -0.2) is 9.37 Å². The van der Waals surface area contributed by atoms with Gasteiger partial charge in [0, 0.05) is 44.9 Å². The molecule has 200 valence electrons. The van der Waals surface area contributed by atoms with Crippen LogP contribution in [-0.4, -0.2) is 41.8 Å². The van der Waals surface area contributed by atoms with E-state index in [1.807, 2.05) is 30.6 Å². The van der Waals surface area contributed by atoms with Crippen LogP contribution < -0.4 is 11.1 Å². The largest absolute Gasteiger partial charge is 0.361 e. The summed E-state index contributed by atoms with van der Waals surface area (Å²) in [4.78, 5) is 9.56. The van der Waals surface area contributed by atoms with Gasteiger partial charge < -0.3 is 20.4 Å². The number of pyridine rings is 1. The summed E-state index contributed by atoms with van der Waals surface area (Å²) in [6, 6.07) is 12.4. The smallest absolute Gasteiger partial charge is 0.124 e. The molecular weight excluding hydrogens is 481 g/mol. The Balaban J connectivity index is 1.56. The summed E-state index contributed by atoms with van der Waals surface area (Å²) < 4.78 is 21.9. The van der Waals surface area contributed by atoms with E-state index in [1.54, 1.807) is 0 Å². The molecule has 2 aromatic heterocycles. The maximum Gasteiger partial charge on any atom is 0.124 e. The van der Waals surface area contributed by atoms with Gasteiger partial charge >= 0.3 is 0 Å². The zero-order valence-corrected chi connectivity index (χ0v) is 23.5. The molecule has 1 aromatic carbocycles. The van der Waals surface area contributed by atoms with Crippen LogP contribution in [0, 0.1) is 5.82 Å². The molecule has 0 saturated heterocycles. The molecule has 0 saturated carbocycles. The van der Waals surface area contributed by atoms with Crippen LogP contribution in [0.5, 0.6) is 0 Å². The third kappa shape index (κ3) is 7.80. The SMILES string of the molecule is C[Si](C)(C)CCOCn1c(-c2ccc(F)cc2)cnc1CC(CCCN)NC1CCCc2cccnc21. The number of nitrogens with zero attached hydrogens (tertiary/aromatic N) is 3. The van der Waals surface area contributed by atoms with E-state index in [-0.39, 0.29) is 17.9 Å². The number of imidazole rings is 1. The Morgan fingerprint density at radius 2 is 2.00 bits per heavy atom. The van der Waals surface area contributed by atoms with Crippen molar-refractivity contribution in [1.29, 1.82) is 0 Å². The van der Waals surface area contributed by atoms with Crippen LogP contribution in [0.4, 0.5) is 4.39 Å². The molecule has 1 aliphatic carbocycles. The van der Waals surface area contributed by atoms with Crippen molar-refractivity contribution >= 4 is 8.07 Å². The maximum atomic E-state index is 13.6. The molecule has 37 heavy (non-hydrogen) atoms. The van der Waals surface area contributed by atoms with Crippen molar-refractivity contribution in [1.82, 2.24) is 19.9 Å². The first kappa shape index (κ1) is 27.6. The first-order valence-electron chi connectivity index (χ1n) is 13.6. The number of fused-ring (bicyclic) bond motifs is 1. The Kier molecular flexibility index (Phi) is 9.64. The third-order valence-corrected chi connectivity index (χ3v) is 8.82. The summed E-state index contributed by atoms with van der Waals surface area (Å²) in [7, 11) is -1.19. The number of rotatable bonds is 13. The molecule has 0 amide bonds. The quantitative estimate of drug-likeness (QED) is 0.222. The summed E-state index contributed by atoms with van der Waals surface area (Å²) in [5, 5.41) is 3.91. The second kappa shape index (κ2) is 12.9. The molecule has 8 heteroatoms. The van der Waals surface area contributed by atoms with E-state index in [0.717, 1.165) is 68.3 Å². The number of benzene rings is 1. The van der Waals surface area contributed by atoms with E-state index in [2.05, 4.69) is 35.6 Å². The molecule has 0 bridgehead atoms. The molecule has 0 spiro atoms. The van der Waals surface area contributed by atoms with Gasteiger partial charge in [0.05, 0.1) is 17.6 Å². The fourth-order valence-corrected chi connectivity index (χ4v) is 5.75. The van der Waals surface area contributed by atoms with Gasteiger partial charge in [0.2, 0.25) is 0 Å². The topological polar surface area (TPSA) is 78.0 Å². The lowest BCUT2D eigenvalue weighted by atomic mass is 9.91. The van der Waals surface area contributed by atoms with E-state index in [1.165, 1.54) is 23.4 Å². The molecular formula is C29H42FN5OSi. The minimum atomic E-state index is -1.19. The maximum absolute atomic E-state index is 13.6. The van der Waals surface area contributed by atoms with Gasteiger partial charge in [-0.15, -0.1) is 0 Å². The Bertz CT molecular complexity index is 1130. The highest BCUT2D eigenvalue weighted by atomic mass is 28.3. The predicted octanol–water partition coefficient (Wildman–Crippen LogP) is 5.71. The first-order valence-corrected chi connectivity index (χ1v) is 17.3. The van der Waals surface area contributed by atoms with Gasteiger partial charge in [0.1, 0.15) is 18.4 Å². The summed E-state index contributed by atoms with van der Waals surface area (Å²) in [6.45, 7) is 8.89. The predicted molar refractivity (Wildman–Crippen MR) is 151 cm³/mol. The molecule has 0 fully saturated rings. The molecule has 6 nitrogen and oxygen atoms in total. The van der Waals surface area contributed by atoms with Crippen LogP contribution in [-0.2, 0) is 24.3 Å². The third-order valence-electron chi connectivity index (χ3n) is 7.11. The van der Waals surface area contributed by atoms with Crippen LogP contribution >= 0.6 is 0 Å². The lowest BCUT2D eigenvalue weighted by Gasteiger charge is -2.30. The van der Waals surface area contributed by atoms with Crippen molar-refractivity contribution in [3.8, 4) is 11.3 Å². The first-order chi connectivity index (χ1) is 17.8. The van der Waals surface area contributed by atoms with E-state index in [4.69, 9.17) is 20.4 Å². The van der Waals surface area contributed by atoms with E-state index >= 15 is 0 Å². The number of nitrogens with two attached hydrogens (primary N) is 1. The van der Waals surface area contributed by atoms with Crippen molar-refractivity contribution in [2.75, 3.05) is 13.2 Å². The van der Waals surface area contributed by atoms with Crippen LogP contribution in [0.2, 0.25) is 25.7 Å². The van der Waals surface area contributed by atoms with E-state index in [0.29, 0.717) is 13.3 Å². The molecule has 2 heterocycles. The van der Waals surface area contributed by atoms with Gasteiger partial charge in [-0.1, -0.05) is 25.7 Å². The second-order valence-electron chi connectivity index (χ2n) is 11.3. The Labute approximate surface area is 221 Å². The average molecular weight is 524 g/mol. The Morgan fingerprint density at radius 3 is 2.76 bits per heavy atom. The highest BCUT2D eigenvalue weighted by Crippen LogP contribution is 2.29. The zero-order chi connectivity index (χ0) is 26.3. The van der Waals surface area contributed by atoms with Crippen LogP contribution in [0.25, 0.3) is 11.3 Å².